The summed E-state index contributed by atoms with van der Waals surface area (Å²) in [5.41, 5.74) is 1.37. The van der Waals surface area contributed by atoms with E-state index in [1.54, 1.807) is 30.3 Å². The van der Waals surface area contributed by atoms with Crippen molar-refractivity contribution < 1.29 is 23.5 Å². The van der Waals surface area contributed by atoms with Gasteiger partial charge in [0.2, 0.25) is 0 Å². The fraction of sp³-hybridized carbons (Fsp3) is 0.208. The van der Waals surface area contributed by atoms with Gasteiger partial charge in [-0.15, -0.1) is 0 Å². The highest BCUT2D eigenvalue weighted by atomic mass is 16.5. The van der Waals surface area contributed by atoms with Crippen LogP contribution in [0.1, 0.15) is 39.3 Å². The molecule has 7 nitrogen and oxygen atoms in total. The first kappa shape index (κ1) is 20.4. The van der Waals surface area contributed by atoms with E-state index in [9.17, 15) is 14.4 Å². The van der Waals surface area contributed by atoms with Crippen LogP contribution in [0.25, 0.3) is 0 Å². The van der Waals surface area contributed by atoms with Crippen LogP contribution in [-0.4, -0.2) is 35.3 Å². The molecule has 1 aromatic heterocycles. The van der Waals surface area contributed by atoms with Gasteiger partial charge in [0.15, 0.2) is 5.76 Å². The molecule has 0 radical (unpaired) electrons. The monoisotopic (exact) mass is 418 g/mol. The average Bonchev–Trinajstić information content (AvgIpc) is 3.50. The van der Waals surface area contributed by atoms with Crippen molar-refractivity contribution in [1.82, 2.24) is 10.2 Å². The van der Waals surface area contributed by atoms with E-state index in [0.29, 0.717) is 31.5 Å². The third-order valence-corrected chi connectivity index (χ3v) is 5.13. The number of nitrogens with zero attached hydrogens (tertiary/aromatic N) is 1. The molecular weight excluding hydrogens is 396 g/mol. The summed E-state index contributed by atoms with van der Waals surface area (Å²) in [6, 6.07) is 18.5. The normalized spacial score (nSPS) is 15.5. The molecule has 2 heterocycles. The number of esters is 1. The standard InChI is InChI=1S/C24H22N2O5/c27-22(25-16-17-7-2-1-3-8-17)18-9-4-10-19(15-18)31-24(29)20-11-5-13-26(20)23(28)21-12-6-14-30-21/h1-4,6-10,12,14-15,20H,5,11,13,16H2,(H,25,27)/t20-/m0/s1. The summed E-state index contributed by atoms with van der Waals surface area (Å²) in [6.07, 6.45) is 2.64. The third-order valence-electron chi connectivity index (χ3n) is 5.13. The smallest absolute Gasteiger partial charge is 0.334 e. The van der Waals surface area contributed by atoms with Crippen molar-refractivity contribution in [3.8, 4) is 5.75 Å². The quantitative estimate of drug-likeness (QED) is 0.489. The van der Waals surface area contributed by atoms with Gasteiger partial charge in [0.05, 0.1) is 6.26 Å². The maximum absolute atomic E-state index is 12.7. The Labute approximate surface area is 179 Å². The van der Waals surface area contributed by atoms with Crippen LogP contribution in [-0.2, 0) is 11.3 Å². The topological polar surface area (TPSA) is 88.9 Å². The van der Waals surface area contributed by atoms with Crippen molar-refractivity contribution in [3.05, 3.63) is 89.9 Å². The Kier molecular flexibility index (Phi) is 6.12. The van der Waals surface area contributed by atoms with Crippen LogP contribution in [0, 0.1) is 0 Å². The van der Waals surface area contributed by atoms with E-state index in [1.165, 1.54) is 17.2 Å². The van der Waals surface area contributed by atoms with Crippen LogP contribution in [0.15, 0.2) is 77.4 Å². The molecule has 3 aromatic rings. The first-order valence-electron chi connectivity index (χ1n) is 10.1. The summed E-state index contributed by atoms with van der Waals surface area (Å²) in [5.74, 6) is -0.679. The van der Waals surface area contributed by atoms with Crippen molar-refractivity contribution in [3.63, 3.8) is 0 Å². The lowest BCUT2D eigenvalue weighted by atomic mass is 10.1. The number of carbonyl (C=O) groups is 3. The van der Waals surface area contributed by atoms with Crippen LogP contribution in [0.2, 0.25) is 0 Å². The van der Waals surface area contributed by atoms with Crippen LogP contribution < -0.4 is 10.1 Å². The maximum atomic E-state index is 12.7. The van der Waals surface area contributed by atoms with Gasteiger partial charge >= 0.3 is 5.97 Å². The van der Waals surface area contributed by atoms with E-state index in [2.05, 4.69) is 5.32 Å². The number of benzene rings is 2. The van der Waals surface area contributed by atoms with Crippen molar-refractivity contribution in [1.29, 1.82) is 0 Å². The van der Waals surface area contributed by atoms with Crippen LogP contribution in [0.5, 0.6) is 5.75 Å². The van der Waals surface area contributed by atoms with Gasteiger partial charge in [-0.2, -0.15) is 0 Å². The van der Waals surface area contributed by atoms with E-state index in [1.807, 2.05) is 30.3 Å². The number of furan rings is 1. The zero-order chi connectivity index (χ0) is 21.6. The van der Waals surface area contributed by atoms with Crippen molar-refractivity contribution in [2.45, 2.75) is 25.4 Å². The highest BCUT2D eigenvalue weighted by Crippen LogP contribution is 2.23. The van der Waals surface area contributed by atoms with Gasteiger partial charge in [-0.3, -0.25) is 9.59 Å². The minimum Gasteiger partial charge on any atom is -0.459 e. The predicted octanol–water partition coefficient (Wildman–Crippen LogP) is 3.42. The zero-order valence-corrected chi connectivity index (χ0v) is 16.8. The van der Waals surface area contributed by atoms with Gasteiger partial charge in [0.1, 0.15) is 11.8 Å². The molecule has 0 saturated carbocycles. The Morgan fingerprint density at radius 3 is 2.65 bits per heavy atom. The molecule has 1 atom stereocenters. The summed E-state index contributed by atoms with van der Waals surface area (Å²) in [7, 11) is 0. The third kappa shape index (κ3) is 4.83. The largest absolute Gasteiger partial charge is 0.459 e. The molecule has 1 aliphatic rings. The molecule has 0 unspecified atom stereocenters. The average molecular weight is 418 g/mol. The van der Waals surface area contributed by atoms with Gasteiger partial charge in [-0.25, -0.2) is 4.79 Å². The van der Waals surface area contributed by atoms with E-state index >= 15 is 0 Å². The van der Waals surface area contributed by atoms with Crippen LogP contribution in [0.3, 0.4) is 0 Å². The number of ether oxygens (including phenoxy) is 1. The highest BCUT2D eigenvalue weighted by molar-refractivity contribution is 5.96. The minimum absolute atomic E-state index is 0.191. The summed E-state index contributed by atoms with van der Waals surface area (Å²) in [4.78, 5) is 39.3. The number of carbonyl (C=O) groups excluding carboxylic acids is 3. The molecule has 158 valence electrons. The van der Waals surface area contributed by atoms with Crippen molar-refractivity contribution in [2.75, 3.05) is 6.54 Å². The van der Waals surface area contributed by atoms with Crippen LogP contribution in [0.4, 0.5) is 0 Å². The second-order valence-electron chi connectivity index (χ2n) is 7.25. The second kappa shape index (κ2) is 9.30. The summed E-state index contributed by atoms with van der Waals surface area (Å²) in [5, 5.41) is 2.85. The fourth-order valence-electron chi connectivity index (χ4n) is 3.56. The zero-order valence-electron chi connectivity index (χ0n) is 16.8. The Hall–Kier alpha value is -3.87. The van der Waals surface area contributed by atoms with Crippen molar-refractivity contribution >= 4 is 17.8 Å². The fourth-order valence-corrected chi connectivity index (χ4v) is 3.56. The number of nitrogens with one attached hydrogen (secondary N) is 1. The lowest BCUT2D eigenvalue weighted by Gasteiger charge is -2.22. The molecule has 4 rings (SSSR count). The number of hydrogen-bond donors (Lipinski definition) is 1. The molecule has 2 amide bonds. The molecule has 2 aromatic carbocycles. The Morgan fingerprint density at radius 1 is 1.03 bits per heavy atom. The molecule has 1 saturated heterocycles. The first-order chi connectivity index (χ1) is 15.1. The molecule has 1 fully saturated rings. The molecule has 0 bridgehead atoms. The van der Waals surface area contributed by atoms with E-state index < -0.39 is 12.0 Å². The molecule has 0 aliphatic carbocycles. The maximum Gasteiger partial charge on any atom is 0.334 e. The number of rotatable bonds is 6. The lowest BCUT2D eigenvalue weighted by Crippen LogP contribution is -2.42. The summed E-state index contributed by atoms with van der Waals surface area (Å²) in [6.45, 7) is 0.858. The van der Waals surface area contributed by atoms with Crippen molar-refractivity contribution in [2.24, 2.45) is 0 Å². The number of likely N-dealkylation sites (tertiary alicyclic amines) is 1. The van der Waals surface area contributed by atoms with E-state index in [0.717, 1.165) is 5.56 Å². The molecule has 1 N–H and O–H groups in total. The minimum atomic E-state index is -0.687. The van der Waals surface area contributed by atoms with Gasteiger partial charge in [-0.1, -0.05) is 36.4 Å². The predicted molar refractivity (Wildman–Crippen MR) is 112 cm³/mol. The van der Waals surface area contributed by atoms with Gasteiger partial charge in [0.25, 0.3) is 11.8 Å². The Bertz CT molecular complexity index is 1060. The second-order valence-corrected chi connectivity index (χ2v) is 7.25. The van der Waals surface area contributed by atoms with Gasteiger partial charge in [-0.05, 0) is 48.7 Å². The molecular formula is C24H22N2O5. The summed E-state index contributed by atoms with van der Waals surface area (Å²) >= 11 is 0. The SMILES string of the molecule is O=C(NCc1ccccc1)c1cccc(OC(=O)[C@@H]2CCCN2C(=O)c2ccco2)c1. The van der Waals surface area contributed by atoms with E-state index in [4.69, 9.17) is 9.15 Å². The number of amides is 2. The Morgan fingerprint density at radius 2 is 1.87 bits per heavy atom. The number of hydrogen-bond acceptors (Lipinski definition) is 5. The summed E-state index contributed by atoms with van der Waals surface area (Å²) < 4.78 is 10.7. The molecule has 0 spiro atoms. The van der Waals surface area contributed by atoms with Gasteiger partial charge in [0, 0.05) is 18.7 Å². The molecule has 1 aliphatic heterocycles. The Balaban J connectivity index is 1.39. The van der Waals surface area contributed by atoms with Crippen LogP contribution >= 0.6 is 0 Å². The van der Waals surface area contributed by atoms with E-state index in [-0.39, 0.29) is 23.3 Å². The lowest BCUT2D eigenvalue weighted by molar-refractivity contribution is -0.138. The van der Waals surface area contributed by atoms with Gasteiger partial charge < -0.3 is 19.4 Å². The molecule has 7 heteroatoms. The molecule has 31 heavy (non-hydrogen) atoms. The highest BCUT2D eigenvalue weighted by Gasteiger charge is 2.36. The first-order valence-corrected chi connectivity index (χ1v) is 10.1.